The van der Waals surface area contributed by atoms with Crippen molar-refractivity contribution in [2.75, 3.05) is 6.61 Å². The molecule has 2 N–H and O–H groups in total. The molecule has 2 aromatic rings. The fourth-order valence-corrected chi connectivity index (χ4v) is 3.15. The number of hydrogen-bond donors (Lipinski definition) is 2. The number of aliphatic hydroxyl groups is 1. The molecule has 0 aromatic heterocycles. The maximum Gasteiger partial charge on any atom is 0.316 e. The fraction of sp³-hybridized carbons (Fsp3) is 0.235. The summed E-state index contributed by atoms with van der Waals surface area (Å²) < 4.78 is 0. The summed E-state index contributed by atoms with van der Waals surface area (Å²) in [5, 5.41) is 18.1. The predicted molar refractivity (Wildman–Crippen MR) is 91.3 cm³/mol. The van der Waals surface area contributed by atoms with E-state index in [1.165, 1.54) is 11.8 Å². The zero-order valence-corrected chi connectivity index (χ0v) is 13.5. The summed E-state index contributed by atoms with van der Waals surface area (Å²) in [5.41, 5.74) is 3.25. The molecular formula is C17H17ClO3S. The zero-order chi connectivity index (χ0) is 15.9. The molecule has 0 saturated carbocycles. The lowest BCUT2D eigenvalue weighted by molar-refractivity contribution is -0.136. The van der Waals surface area contributed by atoms with Gasteiger partial charge in [0.05, 0.1) is 0 Å². The lowest BCUT2D eigenvalue weighted by Gasteiger charge is -2.10. The third-order valence-electron chi connectivity index (χ3n) is 3.25. The first-order chi connectivity index (χ1) is 10.6. The predicted octanol–water partition coefficient (Wildman–Crippen LogP) is 4.08. The van der Waals surface area contributed by atoms with Crippen LogP contribution in [0.1, 0.15) is 12.0 Å². The average molecular weight is 337 g/mol. The second kappa shape index (κ2) is 8.22. The number of halogens is 1. The van der Waals surface area contributed by atoms with E-state index in [4.69, 9.17) is 21.8 Å². The molecule has 2 aromatic carbocycles. The molecule has 0 fully saturated rings. The highest BCUT2D eigenvalue weighted by atomic mass is 35.5. The van der Waals surface area contributed by atoms with Crippen LogP contribution in [0.3, 0.4) is 0 Å². The number of carboxylic acids is 1. The Morgan fingerprint density at radius 3 is 2.09 bits per heavy atom. The van der Waals surface area contributed by atoms with Gasteiger partial charge in [0.2, 0.25) is 0 Å². The largest absolute Gasteiger partial charge is 0.480 e. The average Bonchev–Trinajstić information content (AvgIpc) is 2.52. The maximum absolute atomic E-state index is 11.0. The lowest BCUT2D eigenvalue weighted by Crippen LogP contribution is -2.17. The fourth-order valence-electron chi connectivity index (χ4n) is 2.03. The highest BCUT2D eigenvalue weighted by Crippen LogP contribution is 2.25. The molecule has 2 rings (SSSR count). The van der Waals surface area contributed by atoms with Gasteiger partial charge in [-0.2, -0.15) is 0 Å². The van der Waals surface area contributed by atoms with E-state index in [0.29, 0.717) is 10.8 Å². The van der Waals surface area contributed by atoms with Crippen molar-refractivity contribution in [1.29, 1.82) is 0 Å². The summed E-state index contributed by atoms with van der Waals surface area (Å²) in [6, 6.07) is 15.7. The minimum Gasteiger partial charge on any atom is -0.480 e. The van der Waals surface area contributed by atoms with Crippen molar-refractivity contribution in [3.63, 3.8) is 0 Å². The normalized spacial score (nSPS) is 12.1. The minimum atomic E-state index is -0.878. The van der Waals surface area contributed by atoms with Gasteiger partial charge in [-0.15, -0.1) is 11.8 Å². The van der Waals surface area contributed by atoms with Gasteiger partial charge < -0.3 is 10.2 Å². The van der Waals surface area contributed by atoms with Crippen LogP contribution in [0.15, 0.2) is 48.5 Å². The van der Waals surface area contributed by atoms with Crippen molar-refractivity contribution in [2.24, 2.45) is 0 Å². The van der Waals surface area contributed by atoms with E-state index in [2.05, 4.69) is 0 Å². The molecule has 0 aliphatic rings. The lowest BCUT2D eigenvalue weighted by atomic mass is 10.0. The molecule has 0 bridgehead atoms. The van der Waals surface area contributed by atoms with E-state index in [9.17, 15) is 4.79 Å². The topological polar surface area (TPSA) is 57.5 Å². The second-order valence-electron chi connectivity index (χ2n) is 4.85. The molecule has 22 heavy (non-hydrogen) atoms. The Kier molecular flexibility index (Phi) is 6.31. The first-order valence-corrected chi connectivity index (χ1v) is 8.33. The number of thioether (sulfide) groups is 1. The minimum absolute atomic E-state index is 0.112. The summed E-state index contributed by atoms with van der Waals surface area (Å²) in [6.07, 6.45) is 0.267. The highest BCUT2D eigenvalue weighted by molar-refractivity contribution is 7.99. The Bertz CT molecular complexity index is 611. The van der Waals surface area contributed by atoms with Crippen LogP contribution in [0.2, 0.25) is 5.02 Å². The van der Waals surface area contributed by atoms with Crippen molar-refractivity contribution in [2.45, 2.75) is 17.4 Å². The van der Waals surface area contributed by atoms with Crippen molar-refractivity contribution < 1.29 is 15.0 Å². The smallest absolute Gasteiger partial charge is 0.316 e. The molecule has 0 heterocycles. The second-order valence-corrected chi connectivity index (χ2v) is 6.48. The van der Waals surface area contributed by atoms with Crippen LogP contribution in [0.25, 0.3) is 11.1 Å². The Labute approximate surface area is 138 Å². The molecule has 3 nitrogen and oxygen atoms in total. The van der Waals surface area contributed by atoms with Gasteiger partial charge in [0.1, 0.15) is 5.25 Å². The Hall–Kier alpha value is -1.49. The van der Waals surface area contributed by atoms with Crippen molar-refractivity contribution in [3.8, 4) is 11.1 Å². The molecule has 0 aliphatic heterocycles. The van der Waals surface area contributed by atoms with Gasteiger partial charge in [-0.05, 0) is 35.2 Å². The molecule has 0 spiro atoms. The van der Waals surface area contributed by atoms with E-state index in [1.54, 1.807) is 0 Å². The van der Waals surface area contributed by atoms with Crippen molar-refractivity contribution >= 4 is 29.3 Å². The Balaban J connectivity index is 1.99. The van der Waals surface area contributed by atoms with Gasteiger partial charge in [-0.1, -0.05) is 48.0 Å². The van der Waals surface area contributed by atoms with Crippen LogP contribution >= 0.6 is 23.4 Å². The highest BCUT2D eigenvalue weighted by Gasteiger charge is 2.17. The SMILES string of the molecule is O=C(O)C(CCO)SCc1ccc(-c2ccc(Cl)cc2)cc1. The van der Waals surface area contributed by atoms with E-state index in [1.807, 2.05) is 48.5 Å². The van der Waals surface area contributed by atoms with Crippen molar-refractivity contribution in [1.82, 2.24) is 0 Å². The molecule has 0 amide bonds. The molecule has 0 radical (unpaired) electrons. The van der Waals surface area contributed by atoms with Crippen LogP contribution in [0, 0.1) is 0 Å². The monoisotopic (exact) mass is 336 g/mol. The summed E-state index contributed by atoms with van der Waals surface area (Å²) in [6.45, 7) is -0.112. The molecule has 0 aliphatic carbocycles. The first-order valence-electron chi connectivity index (χ1n) is 6.90. The third-order valence-corrected chi connectivity index (χ3v) is 4.84. The van der Waals surface area contributed by atoms with Gasteiger partial charge in [0.25, 0.3) is 0 Å². The maximum atomic E-state index is 11.0. The van der Waals surface area contributed by atoms with Crippen LogP contribution < -0.4 is 0 Å². The van der Waals surface area contributed by atoms with Gasteiger partial charge in [0, 0.05) is 17.4 Å². The number of hydrogen-bond acceptors (Lipinski definition) is 3. The molecule has 0 saturated heterocycles. The number of rotatable bonds is 7. The molecular weight excluding hydrogens is 320 g/mol. The van der Waals surface area contributed by atoms with Gasteiger partial charge in [-0.3, -0.25) is 4.79 Å². The summed E-state index contributed by atoms with van der Waals surface area (Å²) >= 11 is 7.21. The number of aliphatic carboxylic acids is 1. The Morgan fingerprint density at radius 1 is 1.05 bits per heavy atom. The summed E-state index contributed by atoms with van der Waals surface area (Å²) in [5.74, 6) is -0.269. The van der Waals surface area contributed by atoms with Gasteiger partial charge in [-0.25, -0.2) is 0 Å². The number of aliphatic hydroxyl groups excluding tert-OH is 1. The van der Waals surface area contributed by atoms with E-state index < -0.39 is 11.2 Å². The van der Waals surface area contributed by atoms with Gasteiger partial charge >= 0.3 is 5.97 Å². The third kappa shape index (κ3) is 4.77. The molecule has 1 atom stereocenters. The van der Waals surface area contributed by atoms with E-state index in [0.717, 1.165) is 16.7 Å². The van der Waals surface area contributed by atoms with Crippen LogP contribution in [0.4, 0.5) is 0 Å². The van der Waals surface area contributed by atoms with Crippen molar-refractivity contribution in [3.05, 3.63) is 59.1 Å². The Morgan fingerprint density at radius 2 is 1.59 bits per heavy atom. The van der Waals surface area contributed by atoms with E-state index in [-0.39, 0.29) is 13.0 Å². The molecule has 5 heteroatoms. The number of benzene rings is 2. The summed E-state index contributed by atoms with van der Waals surface area (Å²) in [4.78, 5) is 11.0. The van der Waals surface area contributed by atoms with Crippen LogP contribution in [-0.2, 0) is 10.5 Å². The van der Waals surface area contributed by atoms with Crippen LogP contribution in [-0.4, -0.2) is 28.0 Å². The van der Waals surface area contributed by atoms with Crippen LogP contribution in [0.5, 0.6) is 0 Å². The molecule has 116 valence electrons. The van der Waals surface area contributed by atoms with Gasteiger partial charge in [0.15, 0.2) is 0 Å². The summed E-state index contributed by atoms with van der Waals surface area (Å²) in [7, 11) is 0. The van der Waals surface area contributed by atoms with E-state index >= 15 is 0 Å². The number of carboxylic acid groups (broad SMARTS) is 1. The quantitative estimate of drug-likeness (QED) is 0.800. The number of carbonyl (C=O) groups is 1. The standard InChI is InChI=1S/C17H17ClO3S/c18-15-7-5-14(6-8-15)13-3-1-12(2-4-13)11-22-16(9-10-19)17(20)21/h1-8,16,19H,9-11H2,(H,20,21). The zero-order valence-electron chi connectivity index (χ0n) is 11.9. The first kappa shape index (κ1) is 16.9. The molecule has 1 unspecified atom stereocenters.